The lowest BCUT2D eigenvalue weighted by Crippen LogP contribution is -2.22. The van der Waals surface area contributed by atoms with Gasteiger partial charge in [0, 0.05) is 25.4 Å². The van der Waals surface area contributed by atoms with Gasteiger partial charge in [0.25, 0.3) is 5.91 Å². The number of hydrogen-bond acceptors (Lipinski definition) is 5. The van der Waals surface area contributed by atoms with Crippen LogP contribution in [0.2, 0.25) is 0 Å². The Morgan fingerprint density at radius 3 is 3.16 bits per heavy atom. The van der Waals surface area contributed by atoms with E-state index in [9.17, 15) is 4.79 Å². The first-order valence-corrected chi connectivity index (χ1v) is 6.70. The average molecular weight is 280 g/mol. The molecule has 0 aliphatic rings. The molecule has 7 heteroatoms. The molecule has 19 heavy (non-hydrogen) atoms. The minimum absolute atomic E-state index is 0.164. The van der Waals surface area contributed by atoms with Crippen molar-refractivity contribution in [2.24, 2.45) is 0 Å². The number of nitrogens with zero attached hydrogens (tertiary/aromatic N) is 2. The largest absolute Gasteiger partial charge is 0.390 e. The van der Waals surface area contributed by atoms with Crippen LogP contribution in [0, 0.1) is 0 Å². The number of methoxy groups -OCH3 is 1. The number of nitrogens with one attached hydrogen (secondary N) is 1. The van der Waals surface area contributed by atoms with Gasteiger partial charge in [0.1, 0.15) is 0 Å². The van der Waals surface area contributed by atoms with E-state index in [1.54, 1.807) is 29.4 Å². The molecule has 0 spiro atoms. The molecular formula is C12H16N4O2S. The Bertz CT molecular complexity index is 549. The van der Waals surface area contributed by atoms with Crippen molar-refractivity contribution >= 4 is 22.2 Å². The molecule has 2 heterocycles. The maximum absolute atomic E-state index is 11.8. The number of hydrogen-bond donors (Lipinski definition) is 2. The Balaban J connectivity index is 1.87. The quantitative estimate of drug-likeness (QED) is 0.830. The van der Waals surface area contributed by atoms with Crippen LogP contribution in [-0.2, 0) is 17.8 Å². The van der Waals surface area contributed by atoms with Gasteiger partial charge in [0.2, 0.25) is 0 Å². The van der Waals surface area contributed by atoms with Crippen molar-refractivity contribution in [2.75, 3.05) is 19.5 Å². The Kier molecular flexibility index (Phi) is 4.53. The molecule has 102 valence electrons. The van der Waals surface area contributed by atoms with Crippen molar-refractivity contribution in [3.8, 4) is 0 Å². The van der Waals surface area contributed by atoms with Crippen LogP contribution in [0.15, 0.2) is 23.8 Å². The molecule has 1 amide bonds. The number of nitrogens with two attached hydrogens (primary N) is 1. The molecule has 0 fully saturated rings. The van der Waals surface area contributed by atoms with E-state index in [1.165, 1.54) is 11.3 Å². The number of anilines is 1. The molecule has 2 aromatic heterocycles. The van der Waals surface area contributed by atoms with Crippen molar-refractivity contribution in [3.63, 3.8) is 0 Å². The first-order valence-electron chi connectivity index (χ1n) is 5.82. The minimum Gasteiger partial charge on any atom is -0.390 e. The first-order chi connectivity index (χ1) is 9.20. The normalized spacial score (nSPS) is 10.6. The van der Waals surface area contributed by atoms with Crippen molar-refractivity contribution in [2.45, 2.75) is 13.1 Å². The second-order valence-corrected chi connectivity index (χ2v) is 4.93. The molecule has 0 saturated heterocycles. The van der Waals surface area contributed by atoms with Gasteiger partial charge >= 0.3 is 0 Å². The van der Waals surface area contributed by atoms with Crippen LogP contribution in [0.4, 0.5) is 5.00 Å². The summed E-state index contributed by atoms with van der Waals surface area (Å²) in [6.07, 6.45) is 3.61. The fourth-order valence-corrected chi connectivity index (χ4v) is 2.23. The summed E-state index contributed by atoms with van der Waals surface area (Å²) in [7, 11) is 1.65. The highest BCUT2D eigenvalue weighted by atomic mass is 32.1. The smallest absolute Gasteiger partial charge is 0.254 e. The second-order valence-electron chi connectivity index (χ2n) is 3.99. The lowest BCUT2D eigenvalue weighted by molar-refractivity contribution is 0.0952. The van der Waals surface area contributed by atoms with Crippen LogP contribution in [0.25, 0.3) is 0 Å². The van der Waals surface area contributed by atoms with Gasteiger partial charge in [-0.3, -0.25) is 9.48 Å². The average Bonchev–Trinajstić information content (AvgIpc) is 3.02. The van der Waals surface area contributed by atoms with Gasteiger partial charge in [-0.25, -0.2) is 0 Å². The summed E-state index contributed by atoms with van der Waals surface area (Å²) in [5.74, 6) is -0.164. The van der Waals surface area contributed by atoms with E-state index in [1.807, 2.05) is 6.20 Å². The number of ether oxygens (including phenoxy) is 1. The molecule has 0 atom stereocenters. The van der Waals surface area contributed by atoms with E-state index in [0.29, 0.717) is 30.3 Å². The standard InChI is InChI=1S/C12H16N4O2S/c1-18-4-3-16-8-9(7-15-16)6-14-12(17)10-2-5-19-11(10)13/h2,5,7-8H,3-4,6,13H2,1H3,(H,14,17). The maximum Gasteiger partial charge on any atom is 0.254 e. The lowest BCUT2D eigenvalue weighted by Gasteiger charge is -2.02. The molecule has 0 bridgehead atoms. The number of amides is 1. The highest BCUT2D eigenvalue weighted by Gasteiger charge is 2.10. The van der Waals surface area contributed by atoms with Crippen molar-refractivity contribution in [1.82, 2.24) is 15.1 Å². The topological polar surface area (TPSA) is 82.2 Å². The zero-order valence-corrected chi connectivity index (χ0v) is 11.4. The van der Waals surface area contributed by atoms with Crippen LogP contribution < -0.4 is 11.1 Å². The third-order valence-electron chi connectivity index (χ3n) is 2.60. The van der Waals surface area contributed by atoms with Gasteiger partial charge in [-0.15, -0.1) is 11.3 Å². The number of carbonyl (C=O) groups excluding carboxylic acids is 1. The molecule has 0 aliphatic carbocycles. The van der Waals surface area contributed by atoms with E-state index < -0.39 is 0 Å². The molecule has 0 aliphatic heterocycles. The van der Waals surface area contributed by atoms with E-state index in [-0.39, 0.29) is 5.91 Å². The predicted octanol–water partition coefficient (Wildman–Crippen LogP) is 1.10. The fraction of sp³-hybridized carbons (Fsp3) is 0.333. The van der Waals surface area contributed by atoms with Gasteiger partial charge < -0.3 is 15.8 Å². The van der Waals surface area contributed by atoms with E-state index in [4.69, 9.17) is 10.5 Å². The molecule has 2 rings (SSSR count). The summed E-state index contributed by atoms with van der Waals surface area (Å²) in [4.78, 5) is 11.8. The second kappa shape index (κ2) is 6.35. The number of carbonyl (C=O) groups is 1. The predicted molar refractivity (Wildman–Crippen MR) is 74.0 cm³/mol. The molecule has 6 nitrogen and oxygen atoms in total. The molecule has 0 unspecified atom stereocenters. The summed E-state index contributed by atoms with van der Waals surface area (Å²) in [5, 5.41) is 9.32. The number of nitrogen functional groups attached to an aromatic ring is 1. The summed E-state index contributed by atoms with van der Waals surface area (Å²) in [5.41, 5.74) is 7.16. The monoisotopic (exact) mass is 280 g/mol. The van der Waals surface area contributed by atoms with Gasteiger partial charge in [0.15, 0.2) is 0 Å². The summed E-state index contributed by atoms with van der Waals surface area (Å²) < 4.78 is 6.75. The third-order valence-corrected chi connectivity index (χ3v) is 3.35. The Morgan fingerprint density at radius 2 is 2.47 bits per heavy atom. The molecule has 3 N–H and O–H groups in total. The minimum atomic E-state index is -0.164. The molecule has 2 aromatic rings. The molecular weight excluding hydrogens is 264 g/mol. The highest BCUT2D eigenvalue weighted by molar-refractivity contribution is 7.14. The molecule has 0 radical (unpaired) electrons. The SMILES string of the molecule is COCCn1cc(CNC(=O)c2ccsc2N)cn1. The van der Waals surface area contributed by atoms with Crippen molar-refractivity contribution in [3.05, 3.63) is 35.0 Å². The lowest BCUT2D eigenvalue weighted by atomic mass is 10.3. The van der Waals surface area contributed by atoms with Gasteiger partial charge in [-0.05, 0) is 11.4 Å². The number of thiophene rings is 1. The van der Waals surface area contributed by atoms with Gasteiger partial charge in [0.05, 0.1) is 29.9 Å². The summed E-state index contributed by atoms with van der Waals surface area (Å²) in [6, 6.07) is 1.72. The maximum atomic E-state index is 11.8. The molecule has 0 saturated carbocycles. The Morgan fingerprint density at radius 1 is 1.63 bits per heavy atom. The van der Waals surface area contributed by atoms with Crippen LogP contribution in [0.1, 0.15) is 15.9 Å². The summed E-state index contributed by atoms with van der Waals surface area (Å²) in [6.45, 7) is 1.74. The highest BCUT2D eigenvalue weighted by Crippen LogP contribution is 2.18. The van der Waals surface area contributed by atoms with Crippen LogP contribution in [0.5, 0.6) is 0 Å². The van der Waals surface area contributed by atoms with E-state index in [2.05, 4.69) is 10.4 Å². The van der Waals surface area contributed by atoms with Crippen LogP contribution in [0.3, 0.4) is 0 Å². The molecule has 0 aromatic carbocycles. The number of aromatic nitrogens is 2. The fourth-order valence-electron chi connectivity index (χ4n) is 1.59. The van der Waals surface area contributed by atoms with Crippen LogP contribution >= 0.6 is 11.3 Å². The van der Waals surface area contributed by atoms with E-state index >= 15 is 0 Å². The van der Waals surface area contributed by atoms with Crippen LogP contribution in [-0.4, -0.2) is 29.4 Å². The Hall–Kier alpha value is -1.86. The first kappa shape index (κ1) is 13.6. The van der Waals surface area contributed by atoms with Crippen molar-refractivity contribution < 1.29 is 9.53 Å². The summed E-state index contributed by atoms with van der Waals surface area (Å²) >= 11 is 1.35. The number of rotatable bonds is 6. The van der Waals surface area contributed by atoms with Gasteiger partial charge in [-0.2, -0.15) is 5.10 Å². The zero-order chi connectivity index (χ0) is 13.7. The van der Waals surface area contributed by atoms with E-state index in [0.717, 1.165) is 5.56 Å². The Labute approximate surface area is 115 Å². The van der Waals surface area contributed by atoms with Crippen molar-refractivity contribution in [1.29, 1.82) is 0 Å². The van der Waals surface area contributed by atoms with Gasteiger partial charge in [-0.1, -0.05) is 0 Å². The third kappa shape index (κ3) is 3.55. The zero-order valence-electron chi connectivity index (χ0n) is 10.6.